The summed E-state index contributed by atoms with van der Waals surface area (Å²) < 4.78 is 7.50. The molecule has 5 rings (SSSR count). The first kappa shape index (κ1) is 20.5. The highest BCUT2D eigenvalue weighted by atomic mass is 35.5. The molecule has 1 amide bonds. The molecule has 4 aromatic rings. The number of carbonyl (C=O) groups excluding carboxylic acids is 1. The number of nitrogens with zero attached hydrogens (tertiary/aromatic N) is 6. The van der Waals surface area contributed by atoms with Crippen molar-refractivity contribution in [3.63, 3.8) is 0 Å². The second kappa shape index (κ2) is 8.63. The fraction of sp³-hybridized carbons (Fsp3) is 0.304. The minimum absolute atomic E-state index is 0.271. The quantitative estimate of drug-likeness (QED) is 0.468. The molecule has 32 heavy (non-hydrogen) atoms. The Bertz CT molecular complexity index is 1280. The topological polar surface area (TPSA) is 75.9 Å². The highest BCUT2D eigenvalue weighted by Crippen LogP contribution is 2.27. The molecule has 0 bridgehead atoms. The number of halogens is 1. The zero-order chi connectivity index (χ0) is 22.1. The van der Waals surface area contributed by atoms with E-state index in [1.54, 1.807) is 4.90 Å². The summed E-state index contributed by atoms with van der Waals surface area (Å²) in [6, 6.07) is 15.3. The Morgan fingerprint density at radius 3 is 2.75 bits per heavy atom. The molecule has 1 aliphatic heterocycles. The van der Waals surface area contributed by atoms with Crippen LogP contribution in [0, 0.1) is 6.92 Å². The zero-order valence-electron chi connectivity index (χ0n) is 17.7. The molecule has 0 saturated carbocycles. The van der Waals surface area contributed by atoms with Crippen LogP contribution in [-0.4, -0.2) is 56.8 Å². The molecule has 3 heterocycles. The maximum Gasteiger partial charge on any atom is 0.410 e. The Hall–Kier alpha value is -3.39. The molecule has 8 nitrogen and oxygen atoms in total. The van der Waals surface area contributed by atoms with Crippen LogP contribution in [0.3, 0.4) is 0 Å². The van der Waals surface area contributed by atoms with Gasteiger partial charge in [-0.1, -0.05) is 41.9 Å². The van der Waals surface area contributed by atoms with E-state index >= 15 is 0 Å². The molecule has 1 fully saturated rings. The molecule has 0 unspecified atom stereocenters. The van der Waals surface area contributed by atoms with Gasteiger partial charge < -0.3 is 14.5 Å². The van der Waals surface area contributed by atoms with Crippen LogP contribution in [0.4, 0.5) is 10.7 Å². The largest absolute Gasteiger partial charge is 0.445 e. The van der Waals surface area contributed by atoms with E-state index in [4.69, 9.17) is 21.3 Å². The first-order valence-electron chi connectivity index (χ1n) is 10.6. The number of ether oxygens (including phenoxy) is 1. The first-order chi connectivity index (χ1) is 15.6. The highest BCUT2D eigenvalue weighted by Gasteiger charge is 2.24. The summed E-state index contributed by atoms with van der Waals surface area (Å²) in [6.45, 7) is 4.76. The lowest BCUT2D eigenvalue weighted by Gasteiger charge is -2.24. The van der Waals surface area contributed by atoms with E-state index in [-0.39, 0.29) is 12.7 Å². The van der Waals surface area contributed by atoms with Crippen LogP contribution in [0.1, 0.15) is 17.8 Å². The Balaban J connectivity index is 1.37. The predicted octanol–water partition coefficient (Wildman–Crippen LogP) is 4.09. The number of carbonyl (C=O) groups is 1. The molecule has 2 aromatic heterocycles. The first-order valence-corrected chi connectivity index (χ1v) is 11.0. The zero-order valence-corrected chi connectivity index (χ0v) is 18.5. The van der Waals surface area contributed by atoms with Crippen molar-refractivity contribution in [2.45, 2.75) is 20.0 Å². The predicted molar refractivity (Wildman–Crippen MR) is 123 cm³/mol. The molecule has 2 aromatic carbocycles. The molecule has 0 radical (unpaired) electrons. The van der Waals surface area contributed by atoms with E-state index in [0.29, 0.717) is 24.7 Å². The summed E-state index contributed by atoms with van der Waals surface area (Å²) in [6.07, 6.45) is 0.512. The maximum absolute atomic E-state index is 12.6. The molecule has 9 heteroatoms. The fourth-order valence-electron chi connectivity index (χ4n) is 4.04. The Labute approximate surface area is 190 Å². The van der Waals surface area contributed by atoms with Gasteiger partial charge in [-0.25, -0.2) is 14.2 Å². The van der Waals surface area contributed by atoms with Crippen molar-refractivity contribution in [2.24, 2.45) is 0 Å². The fourth-order valence-corrected chi connectivity index (χ4v) is 4.21. The SMILES string of the molecule is Cc1nnc2c3ccc(Cl)cc3nc(N3CCCN(C(=O)OCc4ccccc4)CC3)n12. The number of hydrogen-bond donors (Lipinski definition) is 0. The van der Waals surface area contributed by atoms with E-state index < -0.39 is 0 Å². The van der Waals surface area contributed by atoms with Crippen LogP contribution < -0.4 is 4.90 Å². The smallest absolute Gasteiger partial charge is 0.410 e. The van der Waals surface area contributed by atoms with Crippen LogP contribution in [0.5, 0.6) is 0 Å². The van der Waals surface area contributed by atoms with Gasteiger partial charge in [0.2, 0.25) is 5.95 Å². The van der Waals surface area contributed by atoms with Crippen molar-refractivity contribution < 1.29 is 9.53 Å². The molecule has 1 aliphatic rings. The highest BCUT2D eigenvalue weighted by molar-refractivity contribution is 6.31. The van der Waals surface area contributed by atoms with E-state index in [9.17, 15) is 4.79 Å². The van der Waals surface area contributed by atoms with Crippen molar-refractivity contribution in [3.05, 3.63) is 64.9 Å². The van der Waals surface area contributed by atoms with Gasteiger partial charge in [-0.05, 0) is 37.1 Å². The van der Waals surface area contributed by atoms with Gasteiger partial charge in [0.1, 0.15) is 12.4 Å². The van der Waals surface area contributed by atoms with Gasteiger partial charge in [0, 0.05) is 36.6 Å². The number of aryl methyl sites for hydroxylation is 1. The molecule has 1 saturated heterocycles. The average Bonchev–Trinajstić information content (AvgIpc) is 3.03. The van der Waals surface area contributed by atoms with Gasteiger partial charge in [0.05, 0.1) is 5.52 Å². The minimum atomic E-state index is -0.292. The Morgan fingerprint density at radius 2 is 1.91 bits per heavy atom. The average molecular weight is 451 g/mol. The van der Waals surface area contributed by atoms with Gasteiger partial charge in [-0.3, -0.25) is 0 Å². The molecular formula is C23H23ClN6O2. The Morgan fingerprint density at radius 1 is 1.06 bits per heavy atom. The van der Waals surface area contributed by atoms with Crippen LogP contribution in [-0.2, 0) is 11.3 Å². The van der Waals surface area contributed by atoms with Gasteiger partial charge in [0.25, 0.3) is 0 Å². The van der Waals surface area contributed by atoms with E-state index in [2.05, 4.69) is 15.1 Å². The summed E-state index contributed by atoms with van der Waals surface area (Å²) in [5.74, 6) is 1.53. The summed E-state index contributed by atoms with van der Waals surface area (Å²) in [7, 11) is 0. The van der Waals surface area contributed by atoms with E-state index in [0.717, 1.165) is 46.9 Å². The maximum atomic E-state index is 12.6. The number of fused-ring (bicyclic) bond motifs is 3. The molecular weight excluding hydrogens is 428 g/mol. The number of aromatic nitrogens is 4. The summed E-state index contributed by atoms with van der Waals surface area (Å²) in [5.41, 5.74) is 2.50. The number of anilines is 1. The normalized spacial score (nSPS) is 14.7. The Kier molecular flexibility index (Phi) is 5.53. The summed E-state index contributed by atoms with van der Waals surface area (Å²) in [5, 5.41) is 10.2. The van der Waals surface area contributed by atoms with E-state index in [1.807, 2.05) is 59.9 Å². The van der Waals surface area contributed by atoms with Crippen LogP contribution in [0.15, 0.2) is 48.5 Å². The van der Waals surface area contributed by atoms with Crippen LogP contribution in [0.25, 0.3) is 16.6 Å². The standard InChI is InChI=1S/C23H23ClN6O2/c1-16-26-27-21-19-9-8-18(24)14-20(19)25-22(30(16)21)28-10-5-11-29(13-12-28)23(31)32-15-17-6-3-2-4-7-17/h2-4,6-9,14H,5,10-13,15H2,1H3. The third kappa shape index (κ3) is 3.93. The van der Waals surface area contributed by atoms with Crippen LogP contribution in [0.2, 0.25) is 5.02 Å². The third-order valence-electron chi connectivity index (χ3n) is 5.69. The lowest BCUT2D eigenvalue weighted by molar-refractivity contribution is 0.0986. The van der Waals surface area contributed by atoms with Gasteiger partial charge in [-0.2, -0.15) is 0 Å². The minimum Gasteiger partial charge on any atom is -0.445 e. The number of amides is 1. The van der Waals surface area contributed by atoms with Crippen LogP contribution >= 0.6 is 11.6 Å². The second-order valence-corrected chi connectivity index (χ2v) is 8.28. The molecule has 0 N–H and O–H groups in total. The second-order valence-electron chi connectivity index (χ2n) is 7.85. The van der Waals surface area contributed by atoms with Crippen molar-refractivity contribution in [1.82, 2.24) is 24.5 Å². The van der Waals surface area contributed by atoms with Crippen molar-refractivity contribution in [2.75, 3.05) is 31.1 Å². The lowest BCUT2D eigenvalue weighted by Crippen LogP contribution is -2.36. The third-order valence-corrected chi connectivity index (χ3v) is 5.92. The number of benzene rings is 2. The number of hydrogen-bond acceptors (Lipinski definition) is 6. The van der Waals surface area contributed by atoms with Gasteiger partial charge >= 0.3 is 6.09 Å². The molecule has 164 valence electrons. The summed E-state index contributed by atoms with van der Waals surface area (Å²) in [4.78, 5) is 21.5. The lowest BCUT2D eigenvalue weighted by atomic mass is 10.2. The van der Waals surface area contributed by atoms with Crippen molar-refractivity contribution >= 4 is 40.2 Å². The van der Waals surface area contributed by atoms with E-state index in [1.165, 1.54) is 0 Å². The van der Waals surface area contributed by atoms with Gasteiger partial charge in [0.15, 0.2) is 5.65 Å². The monoisotopic (exact) mass is 450 g/mol. The summed E-state index contributed by atoms with van der Waals surface area (Å²) >= 11 is 6.21. The molecule has 0 atom stereocenters. The molecule has 0 spiro atoms. The number of rotatable bonds is 3. The van der Waals surface area contributed by atoms with Crippen molar-refractivity contribution in [1.29, 1.82) is 0 Å². The molecule has 0 aliphatic carbocycles. The van der Waals surface area contributed by atoms with Gasteiger partial charge in [-0.15, -0.1) is 10.2 Å². The van der Waals surface area contributed by atoms with Crippen molar-refractivity contribution in [3.8, 4) is 0 Å².